The summed E-state index contributed by atoms with van der Waals surface area (Å²) in [4.78, 5) is 19.0. The molecule has 0 radical (unpaired) electrons. The van der Waals surface area contributed by atoms with E-state index in [4.69, 9.17) is 0 Å². The van der Waals surface area contributed by atoms with Gasteiger partial charge in [-0.05, 0) is 59.0 Å². The topological polar surface area (TPSA) is 57.3 Å². The summed E-state index contributed by atoms with van der Waals surface area (Å²) in [6.45, 7) is 6.81. The molecule has 2 N–H and O–H groups in total. The third kappa shape index (κ3) is 3.93. The van der Waals surface area contributed by atoms with Crippen molar-refractivity contribution >= 4 is 11.7 Å². The summed E-state index contributed by atoms with van der Waals surface area (Å²) in [6, 6.07) is 3.95. The number of aromatic nitrogens is 1. The van der Waals surface area contributed by atoms with Crippen LogP contribution in [0.15, 0.2) is 12.1 Å². The molecule has 5 nitrogen and oxygen atoms in total. The zero-order valence-corrected chi connectivity index (χ0v) is 12.6. The van der Waals surface area contributed by atoms with Crippen molar-refractivity contribution < 1.29 is 4.79 Å². The number of hydrogen-bond donors (Lipinski definition) is 2. The Kier molecular flexibility index (Phi) is 4.95. The van der Waals surface area contributed by atoms with Gasteiger partial charge in [-0.25, -0.2) is 4.98 Å². The van der Waals surface area contributed by atoms with Gasteiger partial charge < -0.3 is 15.5 Å². The molecule has 0 unspecified atom stereocenters. The van der Waals surface area contributed by atoms with Crippen LogP contribution in [0.3, 0.4) is 0 Å². The van der Waals surface area contributed by atoms with Crippen LogP contribution in [-0.4, -0.2) is 48.5 Å². The van der Waals surface area contributed by atoms with Crippen LogP contribution < -0.4 is 10.6 Å². The Balaban J connectivity index is 2.01. The lowest BCUT2D eigenvalue weighted by Crippen LogP contribution is -2.43. The minimum Gasteiger partial charge on any atom is -0.370 e. The molecule has 1 aliphatic heterocycles. The Morgan fingerprint density at radius 1 is 1.40 bits per heavy atom. The van der Waals surface area contributed by atoms with Crippen LogP contribution in [0.2, 0.25) is 0 Å². The van der Waals surface area contributed by atoms with Crippen LogP contribution in [0.5, 0.6) is 0 Å². The molecule has 1 amide bonds. The summed E-state index contributed by atoms with van der Waals surface area (Å²) < 4.78 is 0. The number of carbonyl (C=O) groups is 1. The number of rotatable bonds is 4. The van der Waals surface area contributed by atoms with Gasteiger partial charge in [0.1, 0.15) is 5.82 Å². The molecular formula is C15H24N4O. The maximum absolute atomic E-state index is 12.3. The average molecular weight is 276 g/mol. The third-order valence-corrected chi connectivity index (χ3v) is 3.63. The number of likely N-dealkylation sites (tertiary alicyclic amines) is 1. The van der Waals surface area contributed by atoms with Crippen LogP contribution in [0, 0.1) is 6.92 Å². The van der Waals surface area contributed by atoms with Gasteiger partial charge in [0, 0.05) is 23.8 Å². The molecule has 1 aliphatic rings. The summed E-state index contributed by atoms with van der Waals surface area (Å²) in [6.07, 6.45) is 2.04. The van der Waals surface area contributed by atoms with Crippen molar-refractivity contribution in [3.05, 3.63) is 23.4 Å². The highest BCUT2D eigenvalue weighted by molar-refractivity contribution is 5.95. The van der Waals surface area contributed by atoms with Crippen LogP contribution in [0.25, 0.3) is 0 Å². The molecule has 1 aromatic rings. The molecule has 0 saturated carbocycles. The molecule has 0 atom stereocenters. The van der Waals surface area contributed by atoms with Crippen LogP contribution in [0.1, 0.15) is 35.8 Å². The second-order valence-corrected chi connectivity index (χ2v) is 5.46. The predicted molar refractivity (Wildman–Crippen MR) is 81.1 cm³/mol. The van der Waals surface area contributed by atoms with Crippen molar-refractivity contribution in [1.82, 2.24) is 15.2 Å². The van der Waals surface area contributed by atoms with Gasteiger partial charge in [-0.1, -0.05) is 0 Å². The summed E-state index contributed by atoms with van der Waals surface area (Å²) in [7, 11) is 2.12. The van der Waals surface area contributed by atoms with E-state index in [-0.39, 0.29) is 11.9 Å². The fourth-order valence-electron chi connectivity index (χ4n) is 2.49. The molecule has 0 aromatic carbocycles. The Hall–Kier alpha value is -1.62. The van der Waals surface area contributed by atoms with Crippen molar-refractivity contribution in [2.45, 2.75) is 32.7 Å². The zero-order valence-electron chi connectivity index (χ0n) is 12.6. The van der Waals surface area contributed by atoms with Crippen molar-refractivity contribution in [3.63, 3.8) is 0 Å². The molecule has 0 aliphatic carbocycles. The SMILES string of the molecule is CCNc1cc(C(=O)NC2CCN(C)CC2)cc(C)n1. The molecule has 20 heavy (non-hydrogen) atoms. The molecule has 2 rings (SSSR count). The van der Waals surface area contributed by atoms with Crippen LogP contribution in [-0.2, 0) is 0 Å². The van der Waals surface area contributed by atoms with Gasteiger partial charge in [0.2, 0.25) is 0 Å². The quantitative estimate of drug-likeness (QED) is 0.878. The third-order valence-electron chi connectivity index (χ3n) is 3.63. The molecule has 2 heterocycles. The number of nitrogens with zero attached hydrogens (tertiary/aromatic N) is 2. The van der Waals surface area contributed by atoms with E-state index in [1.54, 1.807) is 0 Å². The Morgan fingerprint density at radius 3 is 2.75 bits per heavy atom. The average Bonchev–Trinajstić information content (AvgIpc) is 2.41. The molecule has 1 aromatic heterocycles. The smallest absolute Gasteiger partial charge is 0.251 e. The highest BCUT2D eigenvalue weighted by Crippen LogP contribution is 2.13. The zero-order chi connectivity index (χ0) is 14.5. The fourth-order valence-corrected chi connectivity index (χ4v) is 2.49. The number of aryl methyl sites for hydroxylation is 1. The van der Waals surface area contributed by atoms with Gasteiger partial charge in [0.15, 0.2) is 0 Å². The normalized spacial score (nSPS) is 16.9. The fraction of sp³-hybridized carbons (Fsp3) is 0.600. The number of pyridine rings is 1. The number of anilines is 1. The molecule has 0 bridgehead atoms. The summed E-state index contributed by atoms with van der Waals surface area (Å²) in [5.74, 6) is 0.769. The summed E-state index contributed by atoms with van der Waals surface area (Å²) >= 11 is 0. The molecule has 5 heteroatoms. The minimum absolute atomic E-state index is 0.00389. The second-order valence-electron chi connectivity index (χ2n) is 5.46. The first-order chi connectivity index (χ1) is 9.58. The van der Waals surface area contributed by atoms with Gasteiger partial charge in [0.25, 0.3) is 5.91 Å². The Bertz CT molecular complexity index is 467. The van der Waals surface area contributed by atoms with Gasteiger partial charge >= 0.3 is 0 Å². The number of nitrogens with one attached hydrogen (secondary N) is 2. The first kappa shape index (κ1) is 14.8. The van der Waals surface area contributed by atoms with E-state index in [0.29, 0.717) is 5.56 Å². The highest BCUT2D eigenvalue weighted by Gasteiger charge is 2.19. The monoisotopic (exact) mass is 276 g/mol. The van der Waals surface area contributed by atoms with E-state index in [1.807, 2.05) is 26.0 Å². The van der Waals surface area contributed by atoms with Gasteiger partial charge in [0.05, 0.1) is 0 Å². The number of amides is 1. The maximum atomic E-state index is 12.3. The molecule has 0 spiro atoms. The number of piperidine rings is 1. The highest BCUT2D eigenvalue weighted by atomic mass is 16.1. The second kappa shape index (κ2) is 6.70. The van der Waals surface area contributed by atoms with Crippen LogP contribution in [0.4, 0.5) is 5.82 Å². The first-order valence-electron chi connectivity index (χ1n) is 7.30. The van der Waals surface area contributed by atoms with Crippen molar-refractivity contribution in [2.24, 2.45) is 0 Å². The van der Waals surface area contributed by atoms with Crippen molar-refractivity contribution in [1.29, 1.82) is 0 Å². The van der Waals surface area contributed by atoms with E-state index in [0.717, 1.165) is 44.0 Å². The van der Waals surface area contributed by atoms with E-state index < -0.39 is 0 Å². The van der Waals surface area contributed by atoms with Gasteiger partial charge in [-0.2, -0.15) is 0 Å². The van der Waals surface area contributed by atoms with Crippen molar-refractivity contribution in [2.75, 3.05) is 32.0 Å². The molecule has 1 saturated heterocycles. The first-order valence-corrected chi connectivity index (χ1v) is 7.30. The van der Waals surface area contributed by atoms with Gasteiger partial charge in [-0.15, -0.1) is 0 Å². The van der Waals surface area contributed by atoms with E-state index in [1.165, 1.54) is 0 Å². The summed E-state index contributed by atoms with van der Waals surface area (Å²) in [5, 5.41) is 6.29. The minimum atomic E-state index is 0.00389. The lowest BCUT2D eigenvalue weighted by molar-refractivity contribution is 0.0916. The molecule has 1 fully saturated rings. The van der Waals surface area contributed by atoms with Gasteiger partial charge in [-0.3, -0.25) is 4.79 Å². The number of hydrogen-bond acceptors (Lipinski definition) is 4. The lowest BCUT2D eigenvalue weighted by Gasteiger charge is -2.29. The lowest BCUT2D eigenvalue weighted by atomic mass is 10.0. The molecule has 110 valence electrons. The predicted octanol–water partition coefficient (Wildman–Crippen LogP) is 1.65. The Labute approximate surface area is 120 Å². The van der Waals surface area contributed by atoms with Crippen molar-refractivity contribution in [3.8, 4) is 0 Å². The maximum Gasteiger partial charge on any atom is 0.251 e. The Morgan fingerprint density at radius 2 is 2.10 bits per heavy atom. The standard InChI is InChI=1S/C15H24N4O/c1-4-16-14-10-12(9-11(2)17-14)15(20)18-13-5-7-19(3)8-6-13/h9-10,13H,4-8H2,1-3H3,(H,16,17)(H,18,20). The van der Waals surface area contributed by atoms with Crippen LogP contribution >= 0.6 is 0 Å². The van der Waals surface area contributed by atoms with E-state index in [2.05, 4.69) is 27.6 Å². The summed E-state index contributed by atoms with van der Waals surface area (Å²) in [5.41, 5.74) is 1.55. The van der Waals surface area contributed by atoms with E-state index in [9.17, 15) is 4.79 Å². The number of carbonyl (C=O) groups excluding carboxylic acids is 1. The molecular weight excluding hydrogens is 252 g/mol. The van der Waals surface area contributed by atoms with E-state index >= 15 is 0 Å². The largest absolute Gasteiger partial charge is 0.370 e.